The molecule has 0 aromatic heterocycles. The lowest BCUT2D eigenvalue weighted by atomic mass is 10.1. The van der Waals surface area contributed by atoms with Crippen molar-refractivity contribution in [2.45, 2.75) is 44.4 Å². The van der Waals surface area contributed by atoms with Crippen LogP contribution >= 0.6 is 0 Å². The molecular formula is C9H14F6O3. The predicted molar refractivity (Wildman–Crippen MR) is 48.7 cm³/mol. The fraction of sp³-hybridized carbons (Fsp3) is 1.00. The van der Waals surface area contributed by atoms with Gasteiger partial charge in [-0.1, -0.05) is 0 Å². The van der Waals surface area contributed by atoms with Crippen LogP contribution in [0.1, 0.15) is 20.8 Å². The van der Waals surface area contributed by atoms with Gasteiger partial charge < -0.3 is 5.11 Å². The Bertz CT molecular complexity index is 283. The highest BCUT2D eigenvalue weighted by Crippen LogP contribution is 2.51. The number of hydrogen-bond acceptors (Lipinski definition) is 3. The van der Waals surface area contributed by atoms with Crippen LogP contribution < -0.4 is 0 Å². The number of halogens is 6. The number of ether oxygens (including phenoxy) is 2. The minimum absolute atomic E-state index is 0.0821. The molecule has 0 bridgehead atoms. The largest absolute Gasteiger partial charge is 0.415 e. The third-order valence-electron chi connectivity index (χ3n) is 2.06. The van der Waals surface area contributed by atoms with Gasteiger partial charge in [0.2, 0.25) is 0 Å². The highest BCUT2D eigenvalue weighted by molar-refractivity contribution is 4.94. The van der Waals surface area contributed by atoms with Gasteiger partial charge in [0.1, 0.15) is 6.67 Å². The second-order valence-electron chi connectivity index (χ2n) is 3.84. The van der Waals surface area contributed by atoms with E-state index in [2.05, 4.69) is 9.47 Å². The summed E-state index contributed by atoms with van der Waals surface area (Å²) >= 11 is 0. The zero-order chi connectivity index (χ0) is 14.8. The molecule has 9 heteroatoms. The van der Waals surface area contributed by atoms with Crippen LogP contribution in [0.15, 0.2) is 0 Å². The summed E-state index contributed by atoms with van der Waals surface area (Å²) < 4.78 is 83.3. The monoisotopic (exact) mass is 284 g/mol. The predicted octanol–water partition coefficient (Wildman–Crippen LogP) is 2.63. The average molecular weight is 284 g/mol. The molecule has 0 aromatic carbocycles. The Morgan fingerprint density at radius 2 is 1.33 bits per heavy atom. The fourth-order valence-electron chi connectivity index (χ4n) is 0.947. The van der Waals surface area contributed by atoms with E-state index in [-0.39, 0.29) is 13.5 Å². The molecule has 110 valence electrons. The Morgan fingerprint density at radius 1 is 0.944 bits per heavy atom. The maximum Gasteiger partial charge on any atom is 0.415 e. The maximum absolute atomic E-state index is 12.9. The van der Waals surface area contributed by atoms with Gasteiger partial charge >= 0.3 is 18.1 Å². The third-order valence-corrected chi connectivity index (χ3v) is 2.06. The minimum Gasteiger partial charge on any atom is -0.397 e. The smallest absolute Gasteiger partial charge is 0.397 e. The molecule has 1 aliphatic heterocycles. The van der Waals surface area contributed by atoms with Gasteiger partial charge in [0.25, 0.3) is 0 Å². The van der Waals surface area contributed by atoms with Crippen molar-refractivity contribution in [2.75, 3.05) is 13.3 Å². The van der Waals surface area contributed by atoms with Crippen LogP contribution in [-0.2, 0) is 9.47 Å². The Morgan fingerprint density at radius 3 is 1.67 bits per heavy atom. The molecule has 0 aliphatic carbocycles. The molecule has 1 fully saturated rings. The van der Waals surface area contributed by atoms with Crippen LogP contribution in [0.3, 0.4) is 0 Å². The molecule has 1 heterocycles. The molecule has 1 saturated heterocycles. The van der Waals surface area contributed by atoms with Gasteiger partial charge in [0.15, 0.2) is 5.60 Å². The highest BCUT2D eigenvalue weighted by Gasteiger charge is 2.73. The molecule has 0 spiro atoms. The Hall–Kier alpha value is -0.540. The van der Waals surface area contributed by atoms with Crippen molar-refractivity contribution in [3.63, 3.8) is 0 Å². The van der Waals surface area contributed by atoms with Gasteiger partial charge in [0.05, 0.1) is 0 Å². The van der Waals surface area contributed by atoms with E-state index < -0.39 is 30.3 Å². The van der Waals surface area contributed by atoms with Crippen molar-refractivity contribution in [3.8, 4) is 0 Å². The number of rotatable bonds is 1. The Kier molecular flexibility index (Phi) is 5.06. The second kappa shape index (κ2) is 5.22. The topological polar surface area (TPSA) is 38.7 Å². The van der Waals surface area contributed by atoms with Crippen LogP contribution in [0, 0.1) is 0 Å². The number of aliphatic hydroxyl groups excluding tert-OH is 1. The first-order valence-corrected chi connectivity index (χ1v) is 4.91. The summed E-state index contributed by atoms with van der Waals surface area (Å²) in [5.41, 5.74) is -3.21. The fourth-order valence-corrected chi connectivity index (χ4v) is 0.947. The minimum atomic E-state index is -4.64. The van der Waals surface area contributed by atoms with Gasteiger partial charge in [-0.3, -0.25) is 9.47 Å². The molecular weight excluding hydrogens is 270 g/mol. The molecule has 2 atom stereocenters. The van der Waals surface area contributed by atoms with Crippen molar-refractivity contribution in [1.82, 2.24) is 0 Å². The zero-order valence-electron chi connectivity index (χ0n) is 9.95. The van der Waals surface area contributed by atoms with Crippen LogP contribution in [0.25, 0.3) is 0 Å². The van der Waals surface area contributed by atoms with Crippen LogP contribution in [0.2, 0.25) is 0 Å². The molecule has 1 N–H and O–H groups in total. The first kappa shape index (κ1) is 17.5. The molecule has 0 aromatic rings. The lowest BCUT2D eigenvalue weighted by Crippen LogP contribution is -2.67. The van der Waals surface area contributed by atoms with Crippen molar-refractivity contribution >= 4 is 0 Å². The summed E-state index contributed by atoms with van der Waals surface area (Å²) in [6, 6.07) is 0. The van der Waals surface area contributed by atoms with Gasteiger partial charge in [0, 0.05) is 13.5 Å². The lowest BCUT2D eigenvalue weighted by molar-refractivity contribution is -0.535. The third kappa shape index (κ3) is 3.07. The van der Waals surface area contributed by atoms with Crippen LogP contribution in [0.4, 0.5) is 26.3 Å². The Balaban J connectivity index is 0.000000873. The Labute approximate surface area is 99.7 Å². The second-order valence-corrected chi connectivity index (χ2v) is 3.84. The zero-order valence-corrected chi connectivity index (χ0v) is 9.95. The van der Waals surface area contributed by atoms with E-state index in [1.807, 2.05) is 0 Å². The number of alkyl halides is 6. The summed E-state index contributed by atoms with van der Waals surface area (Å²) in [5.74, 6) is -4.01. The highest BCUT2D eigenvalue weighted by atomic mass is 19.3. The van der Waals surface area contributed by atoms with E-state index in [4.69, 9.17) is 5.11 Å². The van der Waals surface area contributed by atoms with Gasteiger partial charge in [-0.2, -0.15) is 17.6 Å². The van der Waals surface area contributed by atoms with Crippen LogP contribution in [0.5, 0.6) is 0 Å². The lowest BCUT2D eigenvalue weighted by Gasteiger charge is -2.46. The van der Waals surface area contributed by atoms with E-state index in [1.54, 1.807) is 6.92 Å². The van der Waals surface area contributed by atoms with E-state index in [1.165, 1.54) is 0 Å². The van der Waals surface area contributed by atoms with Gasteiger partial charge in [-0.25, -0.2) is 8.78 Å². The van der Waals surface area contributed by atoms with Crippen molar-refractivity contribution in [1.29, 1.82) is 0 Å². The quantitative estimate of drug-likeness (QED) is 0.752. The van der Waals surface area contributed by atoms with E-state index >= 15 is 0 Å². The molecule has 2 unspecified atom stereocenters. The first-order chi connectivity index (χ1) is 7.89. The molecule has 3 nitrogen and oxygen atoms in total. The maximum atomic E-state index is 12.9. The standard InChI is InChI=1S/C7H8F6O2.C2H6O/c1-4(3-8)6(10,11)15-5(2,9)7(12,13)14-4;1-2-3/h3H2,1-2H3;3H,2H2,1H3. The van der Waals surface area contributed by atoms with Crippen molar-refractivity contribution in [2.24, 2.45) is 0 Å². The van der Waals surface area contributed by atoms with Gasteiger partial charge in [-0.05, 0) is 13.8 Å². The summed E-state index contributed by atoms with van der Waals surface area (Å²) in [7, 11) is 0. The number of hydrogen-bond donors (Lipinski definition) is 1. The molecule has 1 aliphatic rings. The summed E-state index contributed by atoms with van der Waals surface area (Å²) in [6.45, 7) is 0.445. The van der Waals surface area contributed by atoms with E-state index in [0.29, 0.717) is 6.92 Å². The first-order valence-electron chi connectivity index (χ1n) is 4.91. The molecule has 0 radical (unpaired) electrons. The summed E-state index contributed by atoms with van der Waals surface area (Å²) in [4.78, 5) is 0. The number of aliphatic hydroxyl groups is 1. The molecule has 18 heavy (non-hydrogen) atoms. The SMILES string of the molecule is CC1(F)OC(F)(F)C(C)(CF)OC1(F)F.CCO. The van der Waals surface area contributed by atoms with E-state index in [0.717, 1.165) is 0 Å². The average Bonchev–Trinajstić information content (AvgIpc) is 2.14. The molecule has 1 rings (SSSR count). The summed E-state index contributed by atoms with van der Waals surface area (Å²) in [6.07, 6.45) is -9.12. The van der Waals surface area contributed by atoms with Crippen molar-refractivity contribution in [3.05, 3.63) is 0 Å². The van der Waals surface area contributed by atoms with Gasteiger partial charge in [-0.15, -0.1) is 0 Å². The summed E-state index contributed by atoms with van der Waals surface area (Å²) in [5, 5.41) is 7.57. The van der Waals surface area contributed by atoms with Crippen molar-refractivity contribution < 1.29 is 40.9 Å². The molecule has 0 amide bonds. The molecule has 0 saturated carbocycles. The van der Waals surface area contributed by atoms with E-state index in [9.17, 15) is 26.3 Å². The van der Waals surface area contributed by atoms with Crippen LogP contribution in [-0.4, -0.2) is 42.1 Å². The normalized spacial score (nSPS) is 37.7.